The topological polar surface area (TPSA) is 12.0 Å². The van der Waals surface area contributed by atoms with E-state index in [1.54, 1.807) is 0 Å². The second kappa shape index (κ2) is 4.14. The van der Waals surface area contributed by atoms with Gasteiger partial charge in [0.25, 0.3) is 0 Å². The Kier molecular flexibility index (Phi) is 3.54. The molecule has 1 rings (SSSR count). The second-order valence-electron chi connectivity index (χ2n) is 6.81. The van der Waals surface area contributed by atoms with E-state index < -0.39 is 0 Å². The van der Waals surface area contributed by atoms with E-state index in [-0.39, 0.29) is 5.54 Å². The molecule has 16 heavy (non-hydrogen) atoms. The van der Waals surface area contributed by atoms with Gasteiger partial charge in [0.1, 0.15) is 0 Å². The number of allylic oxidation sites excluding steroid dienone is 2. The van der Waals surface area contributed by atoms with Crippen molar-refractivity contribution in [2.75, 3.05) is 0 Å². The zero-order chi connectivity index (χ0) is 12.7. The van der Waals surface area contributed by atoms with E-state index in [9.17, 15) is 0 Å². The van der Waals surface area contributed by atoms with Gasteiger partial charge in [-0.15, -0.1) is 0 Å². The Bertz CT molecular complexity index is 316. The summed E-state index contributed by atoms with van der Waals surface area (Å²) in [7, 11) is 0. The van der Waals surface area contributed by atoms with Gasteiger partial charge in [-0.3, -0.25) is 0 Å². The predicted octanol–water partition coefficient (Wildman–Crippen LogP) is 3.94. The SMILES string of the molecule is CC(C)=CC1C(C(=S)NC(C)(C)C)C1(C)C. The summed E-state index contributed by atoms with van der Waals surface area (Å²) in [5.41, 5.74) is 1.79. The Balaban J connectivity index is 2.70. The molecule has 1 aliphatic rings. The summed E-state index contributed by atoms with van der Waals surface area (Å²) in [6, 6.07) is 0. The monoisotopic (exact) mass is 239 g/mol. The van der Waals surface area contributed by atoms with Crippen molar-refractivity contribution in [2.24, 2.45) is 17.3 Å². The van der Waals surface area contributed by atoms with Crippen LogP contribution in [0.2, 0.25) is 0 Å². The molecule has 2 atom stereocenters. The zero-order valence-electron chi connectivity index (χ0n) is 11.6. The van der Waals surface area contributed by atoms with Crippen molar-refractivity contribution in [1.82, 2.24) is 5.32 Å². The quantitative estimate of drug-likeness (QED) is 0.578. The number of hydrogen-bond acceptors (Lipinski definition) is 1. The van der Waals surface area contributed by atoms with Gasteiger partial charge in [0.05, 0.1) is 4.99 Å². The molecule has 1 N–H and O–H groups in total. The first-order valence-electron chi connectivity index (χ1n) is 6.03. The molecule has 1 nitrogen and oxygen atoms in total. The standard InChI is InChI=1S/C14H25NS/c1-9(2)8-10-11(14(10,6)7)12(16)15-13(3,4)5/h8,10-11H,1-7H3,(H,15,16). The van der Waals surface area contributed by atoms with Crippen LogP contribution in [0.1, 0.15) is 48.5 Å². The number of hydrogen-bond donors (Lipinski definition) is 1. The Hall–Kier alpha value is -0.370. The van der Waals surface area contributed by atoms with Crippen molar-refractivity contribution in [3.63, 3.8) is 0 Å². The number of thiocarbonyl (C=S) groups is 1. The van der Waals surface area contributed by atoms with Crippen molar-refractivity contribution < 1.29 is 0 Å². The van der Waals surface area contributed by atoms with Crippen LogP contribution in [0.25, 0.3) is 0 Å². The van der Waals surface area contributed by atoms with E-state index in [0.717, 1.165) is 4.99 Å². The summed E-state index contributed by atoms with van der Waals surface area (Å²) in [4.78, 5) is 1.03. The highest BCUT2D eigenvalue weighted by molar-refractivity contribution is 7.80. The van der Waals surface area contributed by atoms with E-state index in [1.807, 2.05) is 0 Å². The van der Waals surface area contributed by atoms with Crippen molar-refractivity contribution >= 4 is 17.2 Å². The molecule has 0 amide bonds. The lowest BCUT2D eigenvalue weighted by Gasteiger charge is -2.23. The van der Waals surface area contributed by atoms with Crippen LogP contribution in [0.4, 0.5) is 0 Å². The smallest absolute Gasteiger partial charge is 0.0800 e. The lowest BCUT2D eigenvalue weighted by molar-refractivity contribution is 0.502. The van der Waals surface area contributed by atoms with Crippen LogP contribution in [0.3, 0.4) is 0 Å². The molecular formula is C14H25NS. The lowest BCUT2D eigenvalue weighted by Crippen LogP contribution is -2.41. The van der Waals surface area contributed by atoms with Crippen LogP contribution in [-0.2, 0) is 0 Å². The fourth-order valence-corrected chi connectivity index (χ4v) is 3.05. The molecule has 0 spiro atoms. The molecule has 2 unspecified atom stereocenters. The van der Waals surface area contributed by atoms with Crippen LogP contribution in [0.15, 0.2) is 11.6 Å². The molecular weight excluding hydrogens is 214 g/mol. The molecule has 92 valence electrons. The second-order valence-corrected chi connectivity index (χ2v) is 7.25. The van der Waals surface area contributed by atoms with Crippen LogP contribution in [0, 0.1) is 17.3 Å². The van der Waals surface area contributed by atoms with Gasteiger partial charge in [0.2, 0.25) is 0 Å². The summed E-state index contributed by atoms with van der Waals surface area (Å²) < 4.78 is 0. The first-order valence-corrected chi connectivity index (χ1v) is 6.43. The maximum Gasteiger partial charge on any atom is 0.0800 e. The number of rotatable bonds is 2. The van der Waals surface area contributed by atoms with Gasteiger partial charge in [0.15, 0.2) is 0 Å². The molecule has 2 heteroatoms. The van der Waals surface area contributed by atoms with Gasteiger partial charge in [-0.2, -0.15) is 0 Å². The highest BCUT2D eigenvalue weighted by atomic mass is 32.1. The fraction of sp³-hybridized carbons (Fsp3) is 0.786. The van der Waals surface area contributed by atoms with Crippen molar-refractivity contribution in [3.05, 3.63) is 11.6 Å². The van der Waals surface area contributed by atoms with Crippen molar-refractivity contribution in [3.8, 4) is 0 Å². The molecule has 1 fully saturated rings. The molecule has 0 saturated heterocycles. The maximum atomic E-state index is 5.53. The van der Waals surface area contributed by atoms with Crippen molar-refractivity contribution in [1.29, 1.82) is 0 Å². The van der Waals surface area contributed by atoms with Crippen LogP contribution < -0.4 is 5.32 Å². The molecule has 0 aliphatic heterocycles. The molecule has 1 saturated carbocycles. The highest BCUT2D eigenvalue weighted by Gasteiger charge is 2.58. The van der Waals surface area contributed by atoms with Gasteiger partial charge in [-0.05, 0) is 46.0 Å². The Morgan fingerprint density at radius 2 is 1.75 bits per heavy atom. The first kappa shape index (κ1) is 13.7. The van der Waals surface area contributed by atoms with E-state index in [2.05, 4.69) is 59.9 Å². The van der Waals surface area contributed by atoms with Crippen LogP contribution >= 0.6 is 12.2 Å². The molecule has 0 bridgehead atoms. The largest absolute Gasteiger partial charge is 0.375 e. The third kappa shape index (κ3) is 3.07. The Morgan fingerprint density at radius 3 is 2.12 bits per heavy atom. The predicted molar refractivity (Wildman–Crippen MR) is 75.7 cm³/mol. The van der Waals surface area contributed by atoms with Gasteiger partial charge in [-0.1, -0.05) is 37.7 Å². The molecule has 0 aromatic carbocycles. The van der Waals surface area contributed by atoms with Crippen molar-refractivity contribution in [2.45, 2.75) is 54.0 Å². The zero-order valence-corrected chi connectivity index (χ0v) is 12.5. The summed E-state index contributed by atoms with van der Waals surface area (Å²) in [5, 5.41) is 3.44. The Labute approximate surface area is 106 Å². The summed E-state index contributed by atoms with van der Waals surface area (Å²) in [6.07, 6.45) is 2.36. The average molecular weight is 239 g/mol. The van der Waals surface area contributed by atoms with E-state index in [1.165, 1.54) is 5.57 Å². The van der Waals surface area contributed by atoms with Gasteiger partial charge < -0.3 is 5.32 Å². The summed E-state index contributed by atoms with van der Waals surface area (Å²) in [6.45, 7) is 15.4. The third-order valence-corrected chi connectivity index (χ3v) is 3.56. The van der Waals surface area contributed by atoms with E-state index >= 15 is 0 Å². The minimum absolute atomic E-state index is 0.0747. The van der Waals surface area contributed by atoms with Crippen LogP contribution in [-0.4, -0.2) is 10.5 Å². The van der Waals surface area contributed by atoms with Gasteiger partial charge in [0, 0.05) is 11.5 Å². The maximum absolute atomic E-state index is 5.53. The molecule has 0 aromatic heterocycles. The normalized spacial score (nSPS) is 27.2. The fourth-order valence-electron chi connectivity index (χ4n) is 2.30. The Morgan fingerprint density at radius 1 is 1.25 bits per heavy atom. The van der Waals surface area contributed by atoms with Gasteiger partial charge >= 0.3 is 0 Å². The number of nitrogens with one attached hydrogen (secondary N) is 1. The molecule has 0 aromatic rings. The van der Waals surface area contributed by atoms with Gasteiger partial charge in [-0.25, -0.2) is 0 Å². The summed E-state index contributed by atoms with van der Waals surface area (Å²) >= 11 is 5.53. The minimum atomic E-state index is 0.0747. The van der Waals surface area contributed by atoms with E-state index in [0.29, 0.717) is 17.3 Å². The molecule has 0 heterocycles. The summed E-state index contributed by atoms with van der Waals surface area (Å²) in [5.74, 6) is 1.12. The average Bonchev–Trinajstić information content (AvgIpc) is 2.47. The first-order chi connectivity index (χ1) is 7.05. The van der Waals surface area contributed by atoms with E-state index in [4.69, 9.17) is 12.2 Å². The molecule has 1 aliphatic carbocycles. The minimum Gasteiger partial charge on any atom is -0.375 e. The highest BCUT2D eigenvalue weighted by Crippen LogP contribution is 2.59. The molecule has 0 radical (unpaired) electrons. The third-order valence-electron chi connectivity index (χ3n) is 3.20. The lowest BCUT2D eigenvalue weighted by atomic mass is 10.1. The van der Waals surface area contributed by atoms with Crippen LogP contribution in [0.5, 0.6) is 0 Å².